The minimum atomic E-state index is 0.504. The van der Waals surface area contributed by atoms with Gasteiger partial charge in [-0.15, -0.1) is 0 Å². The van der Waals surface area contributed by atoms with Crippen LogP contribution >= 0.6 is 0 Å². The molecule has 4 nitrogen and oxygen atoms in total. The lowest BCUT2D eigenvalue weighted by Gasteiger charge is -2.12. The second-order valence-corrected chi connectivity index (χ2v) is 4.43. The van der Waals surface area contributed by atoms with Crippen molar-refractivity contribution in [3.63, 3.8) is 0 Å². The first-order chi connectivity index (χ1) is 8.81. The van der Waals surface area contributed by atoms with Crippen LogP contribution in [0.1, 0.15) is 31.2 Å². The largest absolute Gasteiger partial charge is 0.309 e. The highest BCUT2D eigenvalue weighted by Crippen LogP contribution is 2.13. The monoisotopic (exact) mass is 244 g/mol. The molecule has 0 aliphatic heterocycles. The van der Waals surface area contributed by atoms with Crippen molar-refractivity contribution in [1.82, 2.24) is 20.1 Å². The highest BCUT2D eigenvalue weighted by atomic mass is 15.3. The average Bonchev–Trinajstić information content (AvgIpc) is 2.87. The van der Waals surface area contributed by atoms with Crippen LogP contribution in [-0.4, -0.2) is 21.3 Å². The predicted molar refractivity (Wildman–Crippen MR) is 72.3 cm³/mol. The fraction of sp³-hybridized carbons (Fsp3) is 0.429. The van der Waals surface area contributed by atoms with Gasteiger partial charge in [0.1, 0.15) is 12.2 Å². The maximum absolute atomic E-state index is 4.25. The molecule has 96 valence electrons. The van der Waals surface area contributed by atoms with Crippen molar-refractivity contribution in [2.24, 2.45) is 0 Å². The Labute approximate surface area is 108 Å². The van der Waals surface area contributed by atoms with Crippen molar-refractivity contribution in [3.05, 3.63) is 48.0 Å². The summed E-state index contributed by atoms with van der Waals surface area (Å²) in [6, 6.07) is 10.5. The zero-order chi connectivity index (χ0) is 12.8. The molecule has 0 amide bonds. The third-order valence-corrected chi connectivity index (χ3v) is 3.10. The van der Waals surface area contributed by atoms with Gasteiger partial charge in [0.25, 0.3) is 0 Å². The summed E-state index contributed by atoms with van der Waals surface area (Å²) in [7, 11) is 0. The Balaban J connectivity index is 1.82. The number of nitrogens with one attached hydrogen (secondary N) is 1. The summed E-state index contributed by atoms with van der Waals surface area (Å²) < 4.78 is 1.92. The molecule has 0 fully saturated rings. The third-order valence-electron chi connectivity index (χ3n) is 3.10. The Bertz CT molecular complexity index is 464. The number of hydrogen-bond donors (Lipinski definition) is 1. The van der Waals surface area contributed by atoms with Crippen LogP contribution in [-0.2, 0) is 13.1 Å². The summed E-state index contributed by atoms with van der Waals surface area (Å²) in [6.45, 7) is 6.88. The van der Waals surface area contributed by atoms with Gasteiger partial charge in [0, 0.05) is 13.1 Å². The summed E-state index contributed by atoms with van der Waals surface area (Å²) >= 11 is 0. The second kappa shape index (κ2) is 6.31. The number of aromatic nitrogens is 3. The molecule has 18 heavy (non-hydrogen) atoms. The van der Waals surface area contributed by atoms with Crippen molar-refractivity contribution in [2.75, 3.05) is 6.54 Å². The molecule has 1 N–H and O–H groups in total. The zero-order valence-corrected chi connectivity index (χ0v) is 11.0. The summed E-state index contributed by atoms with van der Waals surface area (Å²) in [5.74, 6) is 1.50. The molecule has 4 heteroatoms. The molecule has 1 aromatic heterocycles. The van der Waals surface area contributed by atoms with E-state index in [1.54, 1.807) is 6.33 Å². The number of hydrogen-bond acceptors (Lipinski definition) is 3. The lowest BCUT2D eigenvalue weighted by Crippen LogP contribution is -2.22. The van der Waals surface area contributed by atoms with E-state index in [1.165, 1.54) is 5.56 Å². The van der Waals surface area contributed by atoms with Gasteiger partial charge in [-0.25, -0.2) is 9.67 Å². The molecule has 0 radical (unpaired) electrons. The molecule has 0 bridgehead atoms. The van der Waals surface area contributed by atoms with Crippen LogP contribution in [0.3, 0.4) is 0 Å². The Morgan fingerprint density at radius 1 is 1.28 bits per heavy atom. The van der Waals surface area contributed by atoms with E-state index in [-0.39, 0.29) is 0 Å². The third kappa shape index (κ3) is 3.17. The minimum Gasteiger partial charge on any atom is -0.309 e. The van der Waals surface area contributed by atoms with Gasteiger partial charge >= 0.3 is 0 Å². The van der Waals surface area contributed by atoms with Gasteiger partial charge in [0.2, 0.25) is 0 Å². The summed E-state index contributed by atoms with van der Waals surface area (Å²) in [5.41, 5.74) is 1.36. The quantitative estimate of drug-likeness (QED) is 0.847. The van der Waals surface area contributed by atoms with Crippen molar-refractivity contribution in [1.29, 1.82) is 0 Å². The van der Waals surface area contributed by atoms with Gasteiger partial charge < -0.3 is 5.32 Å². The standard InChI is InChI=1S/C14H20N4/c1-3-18-14(16-11-17-18)10-15-9-12(2)13-7-5-4-6-8-13/h4-8,11-12,15H,3,9-10H2,1-2H3. The molecular weight excluding hydrogens is 224 g/mol. The molecule has 0 aliphatic rings. The number of aryl methyl sites for hydroxylation is 1. The van der Waals surface area contributed by atoms with Gasteiger partial charge in [-0.2, -0.15) is 5.10 Å². The maximum atomic E-state index is 4.25. The summed E-state index contributed by atoms with van der Waals surface area (Å²) in [6.07, 6.45) is 1.61. The molecule has 1 heterocycles. The summed E-state index contributed by atoms with van der Waals surface area (Å²) in [5, 5.41) is 7.59. The van der Waals surface area contributed by atoms with E-state index in [2.05, 4.69) is 53.5 Å². The Morgan fingerprint density at radius 3 is 2.78 bits per heavy atom. The molecule has 0 saturated heterocycles. The van der Waals surface area contributed by atoms with Crippen molar-refractivity contribution >= 4 is 0 Å². The van der Waals surface area contributed by atoms with E-state index < -0.39 is 0 Å². The molecule has 0 aliphatic carbocycles. The fourth-order valence-electron chi connectivity index (χ4n) is 1.99. The Morgan fingerprint density at radius 2 is 2.06 bits per heavy atom. The van der Waals surface area contributed by atoms with Gasteiger partial charge in [0.15, 0.2) is 0 Å². The fourth-order valence-corrected chi connectivity index (χ4v) is 1.99. The Kier molecular flexibility index (Phi) is 4.47. The first kappa shape index (κ1) is 12.8. The smallest absolute Gasteiger partial charge is 0.140 e. The molecule has 1 atom stereocenters. The Hall–Kier alpha value is -1.68. The number of nitrogens with zero attached hydrogens (tertiary/aromatic N) is 3. The maximum Gasteiger partial charge on any atom is 0.140 e. The van der Waals surface area contributed by atoms with Crippen LogP contribution in [0.25, 0.3) is 0 Å². The molecule has 2 aromatic rings. The van der Waals surface area contributed by atoms with E-state index in [4.69, 9.17) is 0 Å². The highest BCUT2D eigenvalue weighted by molar-refractivity contribution is 5.18. The van der Waals surface area contributed by atoms with Crippen LogP contribution in [0.5, 0.6) is 0 Å². The molecule has 0 spiro atoms. The molecule has 1 aromatic carbocycles. The topological polar surface area (TPSA) is 42.7 Å². The lowest BCUT2D eigenvalue weighted by atomic mass is 10.0. The SMILES string of the molecule is CCn1ncnc1CNCC(C)c1ccccc1. The van der Waals surface area contributed by atoms with E-state index in [9.17, 15) is 0 Å². The molecule has 2 rings (SSSR count). The first-order valence-electron chi connectivity index (χ1n) is 6.43. The lowest BCUT2D eigenvalue weighted by molar-refractivity contribution is 0.552. The van der Waals surface area contributed by atoms with Gasteiger partial charge in [-0.05, 0) is 18.4 Å². The first-order valence-corrected chi connectivity index (χ1v) is 6.43. The zero-order valence-electron chi connectivity index (χ0n) is 11.0. The molecule has 1 unspecified atom stereocenters. The van der Waals surface area contributed by atoms with E-state index >= 15 is 0 Å². The van der Waals surface area contributed by atoms with Gasteiger partial charge in [-0.1, -0.05) is 37.3 Å². The van der Waals surface area contributed by atoms with E-state index in [0.29, 0.717) is 5.92 Å². The van der Waals surface area contributed by atoms with Crippen molar-refractivity contribution in [2.45, 2.75) is 32.9 Å². The molecule has 0 saturated carbocycles. The normalized spacial score (nSPS) is 12.6. The van der Waals surface area contributed by atoms with Crippen LogP contribution < -0.4 is 5.32 Å². The minimum absolute atomic E-state index is 0.504. The molecular formula is C14H20N4. The van der Waals surface area contributed by atoms with Crippen molar-refractivity contribution < 1.29 is 0 Å². The highest BCUT2D eigenvalue weighted by Gasteiger charge is 2.06. The predicted octanol–water partition coefficient (Wildman–Crippen LogP) is 2.19. The van der Waals surface area contributed by atoms with E-state index in [0.717, 1.165) is 25.5 Å². The number of rotatable bonds is 6. The summed E-state index contributed by atoms with van der Waals surface area (Å²) in [4.78, 5) is 4.25. The number of benzene rings is 1. The van der Waals surface area contributed by atoms with E-state index in [1.807, 2.05) is 10.7 Å². The van der Waals surface area contributed by atoms with Gasteiger partial charge in [-0.3, -0.25) is 0 Å². The van der Waals surface area contributed by atoms with Crippen LogP contribution in [0.15, 0.2) is 36.7 Å². The van der Waals surface area contributed by atoms with Crippen molar-refractivity contribution in [3.8, 4) is 0 Å². The average molecular weight is 244 g/mol. The van der Waals surface area contributed by atoms with Gasteiger partial charge in [0.05, 0.1) is 6.54 Å². The van der Waals surface area contributed by atoms with Crippen LogP contribution in [0, 0.1) is 0 Å². The van der Waals surface area contributed by atoms with Crippen LogP contribution in [0.4, 0.5) is 0 Å². The van der Waals surface area contributed by atoms with Crippen LogP contribution in [0.2, 0.25) is 0 Å². The second-order valence-electron chi connectivity index (χ2n) is 4.43.